The molecular formula is C29H28N2O6. The van der Waals surface area contributed by atoms with Gasteiger partial charge in [0.25, 0.3) is 0 Å². The maximum Gasteiger partial charge on any atom is 0.203 e. The van der Waals surface area contributed by atoms with Gasteiger partial charge in [0.15, 0.2) is 16.9 Å². The summed E-state index contributed by atoms with van der Waals surface area (Å²) in [7, 11) is 4.62. The molecular weight excluding hydrogens is 472 g/mol. The molecule has 0 bridgehead atoms. The van der Waals surface area contributed by atoms with Gasteiger partial charge in [-0.05, 0) is 49.2 Å². The van der Waals surface area contributed by atoms with Crippen molar-refractivity contribution in [1.82, 2.24) is 9.55 Å². The fourth-order valence-corrected chi connectivity index (χ4v) is 4.35. The molecule has 0 aliphatic rings. The first-order valence-electron chi connectivity index (χ1n) is 12.0. The molecule has 0 spiro atoms. The molecule has 0 radical (unpaired) electrons. The van der Waals surface area contributed by atoms with Crippen LogP contribution in [0.4, 0.5) is 0 Å². The number of aromatic nitrogens is 2. The molecule has 190 valence electrons. The normalized spacial score (nSPS) is 11.1. The molecule has 2 aromatic heterocycles. The Bertz CT molecular complexity index is 1580. The molecule has 0 aliphatic carbocycles. The molecule has 0 fully saturated rings. The van der Waals surface area contributed by atoms with Crippen molar-refractivity contribution in [2.75, 3.05) is 27.9 Å². The summed E-state index contributed by atoms with van der Waals surface area (Å²) in [5.41, 5.74) is 3.06. The zero-order chi connectivity index (χ0) is 25.8. The van der Waals surface area contributed by atoms with Gasteiger partial charge < -0.3 is 27.9 Å². The third kappa shape index (κ3) is 4.95. The average Bonchev–Trinajstić information content (AvgIpc) is 3.34. The van der Waals surface area contributed by atoms with Gasteiger partial charge in [0, 0.05) is 24.2 Å². The highest BCUT2D eigenvalue weighted by Crippen LogP contribution is 2.41. The number of hydrogen-bond donors (Lipinski definition) is 0. The van der Waals surface area contributed by atoms with Crippen LogP contribution in [0.3, 0.4) is 0 Å². The van der Waals surface area contributed by atoms with Crippen LogP contribution in [0.1, 0.15) is 12.8 Å². The van der Waals surface area contributed by atoms with Crippen LogP contribution in [0.25, 0.3) is 33.3 Å². The van der Waals surface area contributed by atoms with Crippen molar-refractivity contribution in [3.05, 3.63) is 77.2 Å². The lowest BCUT2D eigenvalue weighted by Gasteiger charge is -2.14. The van der Waals surface area contributed by atoms with Gasteiger partial charge in [0.1, 0.15) is 17.1 Å². The van der Waals surface area contributed by atoms with Crippen LogP contribution in [0.2, 0.25) is 0 Å². The number of hydrogen-bond acceptors (Lipinski definition) is 7. The minimum absolute atomic E-state index is 0.149. The maximum absolute atomic E-state index is 12.8. The van der Waals surface area contributed by atoms with Gasteiger partial charge in [-0.25, -0.2) is 4.98 Å². The van der Waals surface area contributed by atoms with E-state index in [4.69, 9.17) is 23.4 Å². The first-order valence-corrected chi connectivity index (χ1v) is 12.0. The van der Waals surface area contributed by atoms with E-state index >= 15 is 0 Å². The van der Waals surface area contributed by atoms with E-state index in [0.717, 1.165) is 30.4 Å². The monoisotopic (exact) mass is 500 g/mol. The van der Waals surface area contributed by atoms with Crippen molar-refractivity contribution >= 4 is 22.0 Å². The molecule has 37 heavy (non-hydrogen) atoms. The Balaban J connectivity index is 1.30. The highest BCUT2D eigenvalue weighted by atomic mass is 16.5. The Morgan fingerprint density at radius 1 is 0.892 bits per heavy atom. The highest BCUT2D eigenvalue weighted by Gasteiger charge is 2.16. The van der Waals surface area contributed by atoms with E-state index in [2.05, 4.69) is 15.6 Å². The molecule has 0 saturated heterocycles. The molecule has 8 heteroatoms. The zero-order valence-corrected chi connectivity index (χ0v) is 21.0. The SMILES string of the molecule is COc1cc(-c2cc(=O)c3ccc(OCCCCn4cnc5ccccc54)cc3o2)cc(OC)c1OC. The average molecular weight is 501 g/mol. The number of fused-ring (bicyclic) bond motifs is 2. The van der Waals surface area contributed by atoms with Crippen molar-refractivity contribution < 1.29 is 23.4 Å². The third-order valence-corrected chi connectivity index (χ3v) is 6.24. The molecule has 3 aromatic carbocycles. The first kappa shape index (κ1) is 24.2. The van der Waals surface area contributed by atoms with Gasteiger partial charge in [0.05, 0.1) is 50.7 Å². The number of para-hydroxylation sites is 2. The summed E-state index contributed by atoms with van der Waals surface area (Å²) in [4.78, 5) is 17.3. The summed E-state index contributed by atoms with van der Waals surface area (Å²) in [6.07, 6.45) is 3.71. The molecule has 0 saturated carbocycles. The van der Waals surface area contributed by atoms with Crippen LogP contribution in [0, 0.1) is 0 Å². The second-order valence-corrected chi connectivity index (χ2v) is 8.53. The summed E-state index contributed by atoms with van der Waals surface area (Å²) in [5.74, 6) is 2.45. The van der Waals surface area contributed by atoms with Crippen LogP contribution in [0.15, 0.2) is 76.2 Å². The Hall–Kier alpha value is -4.46. The van der Waals surface area contributed by atoms with Gasteiger partial charge in [-0.1, -0.05) is 12.1 Å². The number of nitrogens with zero attached hydrogens (tertiary/aromatic N) is 2. The summed E-state index contributed by atoms with van der Waals surface area (Å²) in [6, 6.07) is 18.3. The van der Waals surface area contributed by atoms with E-state index in [9.17, 15) is 4.79 Å². The lowest BCUT2D eigenvalue weighted by molar-refractivity contribution is 0.303. The minimum atomic E-state index is -0.149. The molecule has 0 amide bonds. The second-order valence-electron chi connectivity index (χ2n) is 8.53. The minimum Gasteiger partial charge on any atom is -0.493 e. The molecule has 8 nitrogen and oxygen atoms in total. The molecule has 2 heterocycles. The summed E-state index contributed by atoms with van der Waals surface area (Å²) < 4.78 is 30.5. The van der Waals surface area contributed by atoms with E-state index in [1.807, 2.05) is 24.5 Å². The molecule has 5 rings (SSSR count). The van der Waals surface area contributed by atoms with Crippen molar-refractivity contribution in [1.29, 1.82) is 0 Å². The fourth-order valence-electron chi connectivity index (χ4n) is 4.35. The molecule has 5 aromatic rings. The van der Waals surface area contributed by atoms with E-state index in [0.29, 0.717) is 51.9 Å². The second kappa shape index (κ2) is 10.7. The Morgan fingerprint density at radius 2 is 1.68 bits per heavy atom. The fraction of sp³-hybridized carbons (Fsp3) is 0.241. The van der Waals surface area contributed by atoms with E-state index in [1.54, 1.807) is 44.6 Å². The first-order chi connectivity index (χ1) is 18.1. The van der Waals surface area contributed by atoms with Crippen LogP contribution in [-0.4, -0.2) is 37.5 Å². The van der Waals surface area contributed by atoms with Crippen LogP contribution < -0.4 is 24.4 Å². The Kier molecular flexibility index (Phi) is 6.98. The smallest absolute Gasteiger partial charge is 0.203 e. The van der Waals surface area contributed by atoms with Gasteiger partial charge in [-0.3, -0.25) is 4.79 Å². The number of methoxy groups -OCH3 is 3. The number of imidazole rings is 1. The predicted molar refractivity (Wildman–Crippen MR) is 142 cm³/mol. The van der Waals surface area contributed by atoms with Crippen molar-refractivity contribution in [3.8, 4) is 34.3 Å². The van der Waals surface area contributed by atoms with Crippen LogP contribution in [-0.2, 0) is 6.54 Å². The number of benzene rings is 3. The maximum atomic E-state index is 12.8. The van der Waals surface area contributed by atoms with E-state index in [1.165, 1.54) is 13.2 Å². The van der Waals surface area contributed by atoms with Gasteiger partial charge in [-0.15, -0.1) is 0 Å². The summed E-state index contributed by atoms with van der Waals surface area (Å²) in [6.45, 7) is 1.42. The third-order valence-electron chi connectivity index (χ3n) is 6.24. The molecule has 0 N–H and O–H groups in total. The van der Waals surface area contributed by atoms with Gasteiger partial charge in [0.2, 0.25) is 5.75 Å². The largest absolute Gasteiger partial charge is 0.493 e. The predicted octanol–water partition coefficient (Wildman–Crippen LogP) is 5.69. The number of aryl methyl sites for hydroxylation is 1. The zero-order valence-electron chi connectivity index (χ0n) is 21.0. The quantitative estimate of drug-likeness (QED) is 0.228. The Morgan fingerprint density at radius 3 is 2.43 bits per heavy atom. The van der Waals surface area contributed by atoms with Crippen LogP contribution in [0.5, 0.6) is 23.0 Å². The van der Waals surface area contributed by atoms with E-state index in [-0.39, 0.29) is 5.43 Å². The Labute approximate surface area is 214 Å². The summed E-state index contributed by atoms with van der Waals surface area (Å²) in [5, 5.41) is 0.482. The number of ether oxygens (including phenoxy) is 4. The summed E-state index contributed by atoms with van der Waals surface area (Å²) >= 11 is 0. The van der Waals surface area contributed by atoms with Gasteiger partial charge >= 0.3 is 0 Å². The van der Waals surface area contributed by atoms with Crippen molar-refractivity contribution in [2.45, 2.75) is 19.4 Å². The number of rotatable bonds is 10. The van der Waals surface area contributed by atoms with Gasteiger partial charge in [-0.2, -0.15) is 0 Å². The highest BCUT2D eigenvalue weighted by molar-refractivity contribution is 5.80. The standard InChI is InChI=1S/C29H28N2O6/c1-33-27-14-19(15-28(34-2)29(27)35-3)25-17-24(32)21-11-10-20(16-26(21)37-25)36-13-7-6-12-31-18-30-22-8-4-5-9-23(22)31/h4-5,8-11,14-18H,6-7,12-13H2,1-3H3. The topological polar surface area (TPSA) is 85.0 Å². The molecule has 0 atom stereocenters. The lowest BCUT2D eigenvalue weighted by atomic mass is 10.1. The van der Waals surface area contributed by atoms with Crippen molar-refractivity contribution in [2.24, 2.45) is 0 Å². The molecule has 0 unspecified atom stereocenters. The van der Waals surface area contributed by atoms with Crippen molar-refractivity contribution in [3.63, 3.8) is 0 Å². The molecule has 0 aliphatic heterocycles. The lowest BCUT2D eigenvalue weighted by Crippen LogP contribution is -2.03. The van der Waals surface area contributed by atoms with Crippen LogP contribution >= 0.6 is 0 Å². The van der Waals surface area contributed by atoms with E-state index < -0.39 is 0 Å². The number of unbranched alkanes of at least 4 members (excludes halogenated alkanes) is 1.